The van der Waals surface area contributed by atoms with Crippen molar-refractivity contribution in [1.29, 1.82) is 0 Å². The van der Waals surface area contributed by atoms with Gasteiger partial charge in [0.2, 0.25) is 0 Å². The third-order valence-corrected chi connectivity index (χ3v) is 3.75. The number of rotatable bonds is 6. The number of nitrogens with zero attached hydrogens (tertiary/aromatic N) is 2. The van der Waals surface area contributed by atoms with E-state index < -0.39 is 0 Å². The first kappa shape index (κ1) is 13.6. The van der Waals surface area contributed by atoms with Crippen LogP contribution in [-0.4, -0.2) is 16.6 Å². The standard InChI is InChI=1S/C14H21ClN2O/c1-10(2)14-16-9-13(12(8-15)17-14)18-7-6-11-4-3-5-11/h9-11H,3-8H2,1-2H3. The predicted molar refractivity (Wildman–Crippen MR) is 73.1 cm³/mol. The van der Waals surface area contributed by atoms with E-state index in [1.54, 1.807) is 6.20 Å². The average molecular weight is 269 g/mol. The van der Waals surface area contributed by atoms with Crippen molar-refractivity contribution in [2.45, 2.75) is 51.3 Å². The third kappa shape index (κ3) is 3.35. The molecule has 1 heterocycles. The Hall–Kier alpha value is -0.830. The lowest BCUT2D eigenvalue weighted by atomic mass is 9.83. The lowest BCUT2D eigenvalue weighted by Crippen LogP contribution is -2.15. The molecule has 0 saturated heterocycles. The predicted octanol–water partition coefficient (Wildman–Crippen LogP) is 3.91. The molecule has 0 aromatic carbocycles. The molecular formula is C14H21ClN2O. The number of ether oxygens (including phenoxy) is 1. The van der Waals surface area contributed by atoms with E-state index in [0.29, 0.717) is 11.8 Å². The van der Waals surface area contributed by atoms with Gasteiger partial charge in [0.15, 0.2) is 5.75 Å². The van der Waals surface area contributed by atoms with E-state index in [4.69, 9.17) is 16.3 Å². The first-order valence-corrected chi connectivity index (χ1v) is 7.28. The van der Waals surface area contributed by atoms with Gasteiger partial charge in [-0.25, -0.2) is 9.97 Å². The van der Waals surface area contributed by atoms with Crippen LogP contribution in [0.25, 0.3) is 0 Å². The van der Waals surface area contributed by atoms with E-state index in [-0.39, 0.29) is 0 Å². The van der Waals surface area contributed by atoms with Crippen molar-refractivity contribution in [3.05, 3.63) is 17.7 Å². The van der Waals surface area contributed by atoms with Gasteiger partial charge in [-0.15, -0.1) is 11.6 Å². The second-order valence-electron chi connectivity index (χ2n) is 5.26. The minimum Gasteiger partial charge on any atom is -0.490 e. The zero-order valence-corrected chi connectivity index (χ0v) is 11.9. The largest absolute Gasteiger partial charge is 0.490 e. The second-order valence-corrected chi connectivity index (χ2v) is 5.53. The average Bonchev–Trinajstić information content (AvgIpc) is 2.32. The molecule has 1 saturated carbocycles. The summed E-state index contributed by atoms with van der Waals surface area (Å²) in [5.41, 5.74) is 0.809. The normalized spacial score (nSPS) is 15.8. The van der Waals surface area contributed by atoms with Crippen molar-refractivity contribution < 1.29 is 4.74 Å². The summed E-state index contributed by atoms with van der Waals surface area (Å²) in [6, 6.07) is 0. The van der Waals surface area contributed by atoms with Crippen LogP contribution in [0.1, 0.15) is 57.0 Å². The summed E-state index contributed by atoms with van der Waals surface area (Å²) in [5, 5.41) is 0. The maximum absolute atomic E-state index is 5.92. The van der Waals surface area contributed by atoms with Crippen LogP contribution in [0.3, 0.4) is 0 Å². The maximum Gasteiger partial charge on any atom is 0.160 e. The molecule has 0 amide bonds. The summed E-state index contributed by atoms with van der Waals surface area (Å²) in [6.07, 6.45) is 6.99. The molecule has 0 atom stereocenters. The van der Waals surface area contributed by atoms with Gasteiger partial charge < -0.3 is 4.74 Å². The SMILES string of the molecule is CC(C)c1ncc(OCCC2CCC2)c(CCl)n1. The smallest absolute Gasteiger partial charge is 0.160 e. The molecule has 3 nitrogen and oxygen atoms in total. The van der Waals surface area contributed by atoms with Crippen LogP contribution in [0.15, 0.2) is 6.20 Å². The maximum atomic E-state index is 5.92. The molecule has 1 aromatic heterocycles. The van der Waals surface area contributed by atoms with E-state index in [1.807, 2.05) is 0 Å². The van der Waals surface area contributed by atoms with Crippen molar-refractivity contribution in [2.24, 2.45) is 5.92 Å². The fourth-order valence-electron chi connectivity index (χ4n) is 2.03. The molecule has 1 aromatic rings. The van der Waals surface area contributed by atoms with Crippen LogP contribution in [-0.2, 0) is 5.88 Å². The second kappa shape index (κ2) is 6.37. The summed E-state index contributed by atoms with van der Waals surface area (Å²) < 4.78 is 5.76. The van der Waals surface area contributed by atoms with Gasteiger partial charge in [-0.05, 0) is 12.3 Å². The van der Waals surface area contributed by atoms with E-state index in [0.717, 1.165) is 36.2 Å². The van der Waals surface area contributed by atoms with Crippen LogP contribution in [0, 0.1) is 5.92 Å². The molecule has 18 heavy (non-hydrogen) atoms. The van der Waals surface area contributed by atoms with Crippen molar-refractivity contribution >= 4 is 11.6 Å². The number of hydrogen-bond acceptors (Lipinski definition) is 3. The Morgan fingerprint density at radius 1 is 1.44 bits per heavy atom. The number of aromatic nitrogens is 2. The molecule has 0 radical (unpaired) electrons. The van der Waals surface area contributed by atoms with Gasteiger partial charge in [0.25, 0.3) is 0 Å². The summed E-state index contributed by atoms with van der Waals surface area (Å²) in [7, 11) is 0. The van der Waals surface area contributed by atoms with Crippen molar-refractivity contribution in [3.8, 4) is 5.75 Å². The Morgan fingerprint density at radius 3 is 2.78 bits per heavy atom. The lowest BCUT2D eigenvalue weighted by Gasteiger charge is -2.25. The molecule has 2 rings (SSSR count). The van der Waals surface area contributed by atoms with E-state index in [9.17, 15) is 0 Å². The number of alkyl halides is 1. The molecule has 1 aliphatic carbocycles. The highest BCUT2D eigenvalue weighted by molar-refractivity contribution is 6.17. The molecule has 100 valence electrons. The third-order valence-electron chi connectivity index (χ3n) is 3.50. The lowest BCUT2D eigenvalue weighted by molar-refractivity contribution is 0.220. The highest BCUT2D eigenvalue weighted by atomic mass is 35.5. The van der Waals surface area contributed by atoms with Crippen LogP contribution in [0.4, 0.5) is 0 Å². The molecular weight excluding hydrogens is 248 g/mol. The minimum absolute atomic E-state index is 0.316. The van der Waals surface area contributed by atoms with Crippen LogP contribution < -0.4 is 4.74 Å². The first-order valence-electron chi connectivity index (χ1n) is 6.75. The first-order chi connectivity index (χ1) is 8.70. The van der Waals surface area contributed by atoms with Crippen LogP contribution in [0.5, 0.6) is 5.75 Å². The number of halogens is 1. The summed E-state index contributed by atoms with van der Waals surface area (Å²) in [6.45, 7) is 4.90. The fourth-order valence-corrected chi connectivity index (χ4v) is 2.22. The van der Waals surface area contributed by atoms with Gasteiger partial charge >= 0.3 is 0 Å². The monoisotopic (exact) mass is 268 g/mol. The molecule has 0 unspecified atom stereocenters. The van der Waals surface area contributed by atoms with Gasteiger partial charge in [0.05, 0.1) is 18.7 Å². The molecule has 0 spiro atoms. The Labute approximate surface area is 114 Å². The van der Waals surface area contributed by atoms with E-state index >= 15 is 0 Å². The molecule has 1 fully saturated rings. The van der Waals surface area contributed by atoms with Crippen molar-refractivity contribution in [1.82, 2.24) is 9.97 Å². The van der Waals surface area contributed by atoms with E-state index in [2.05, 4.69) is 23.8 Å². The zero-order chi connectivity index (χ0) is 13.0. The van der Waals surface area contributed by atoms with Crippen molar-refractivity contribution in [2.75, 3.05) is 6.61 Å². The Bertz CT molecular complexity index is 391. The quantitative estimate of drug-likeness (QED) is 0.734. The molecule has 4 heteroatoms. The van der Waals surface area contributed by atoms with Gasteiger partial charge in [-0.2, -0.15) is 0 Å². The highest BCUT2D eigenvalue weighted by Gasteiger charge is 2.17. The summed E-state index contributed by atoms with van der Waals surface area (Å²) >= 11 is 5.92. The minimum atomic E-state index is 0.316. The fraction of sp³-hybridized carbons (Fsp3) is 0.714. The Kier molecular flexibility index (Phi) is 4.81. The molecule has 0 aliphatic heterocycles. The van der Waals surface area contributed by atoms with Gasteiger partial charge in [-0.1, -0.05) is 33.1 Å². The Balaban J connectivity index is 1.93. The summed E-state index contributed by atoms with van der Waals surface area (Å²) in [4.78, 5) is 8.78. The summed E-state index contributed by atoms with van der Waals surface area (Å²) in [5.74, 6) is 3.13. The topological polar surface area (TPSA) is 35.0 Å². The highest BCUT2D eigenvalue weighted by Crippen LogP contribution is 2.29. The van der Waals surface area contributed by atoms with Gasteiger partial charge in [0, 0.05) is 5.92 Å². The zero-order valence-electron chi connectivity index (χ0n) is 11.2. The Morgan fingerprint density at radius 2 is 2.22 bits per heavy atom. The molecule has 0 bridgehead atoms. The number of hydrogen-bond donors (Lipinski definition) is 0. The van der Waals surface area contributed by atoms with E-state index in [1.165, 1.54) is 19.3 Å². The molecule has 0 N–H and O–H groups in total. The molecule has 1 aliphatic rings. The van der Waals surface area contributed by atoms with Crippen molar-refractivity contribution in [3.63, 3.8) is 0 Å². The van der Waals surface area contributed by atoms with Gasteiger partial charge in [-0.3, -0.25) is 0 Å². The van der Waals surface area contributed by atoms with Crippen LogP contribution in [0.2, 0.25) is 0 Å². The van der Waals surface area contributed by atoms with Crippen LogP contribution >= 0.6 is 11.6 Å². The van der Waals surface area contributed by atoms with Gasteiger partial charge in [0.1, 0.15) is 11.5 Å².